The van der Waals surface area contributed by atoms with Gasteiger partial charge in [0.15, 0.2) is 0 Å². The van der Waals surface area contributed by atoms with Gasteiger partial charge in [-0.15, -0.1) is 0 Å². The van der Waals surface area contributed by atoms with Gasteiger partial charge in [-0.25, -0.2) is 0 Å². The van der Waals surface area contributed by atoms with Gasteiger partial charge in [0, 0.05) is 36.0 Å². The maximum absolute atomic E-state index is 12.7. The zero-order valence-electron chi connectivity index (χ0n) is 19.6. The molecule has 8 nitrogen and oxygen atoms in total. The minimum absolute atomic E-state index is 0.106. The predicted molar refractivity (Wildman–Crippen MR) is 134 cm³/mol. The highest BCUT2D eigenvalue weighted by atomic mass is 16.6. The van der Waals surface area contributed by atoms with Crippen LogP contribution in [0.15, 0.2) is 67.0 Å². The Labute approximate surface area is 202 Å². The first-order valence-corrected chi connectivity index (χ1v) is 11.5. The summed E-state index contributed by atoms with van der Waals surface area (Å²) in [5.74, 6) is -0.432. The molecule has 2 aromatic heterocycles. The van der Waals surface area contributed by atoms with Gasteiger partial charge in [-0.3, -0.25) is 24.9 Å². The number of fused-ring (bicyclic) bond motifs is 1. The maximum Gasteiger partial charge on any atom is 0.279 e. The molecular formula is C27H26N4O4. The van der Waals surface area contributed by atoms with E-state index in [1.807, 2.05) is 50.2 Å². The van der Waals surface area contributed by atoms with Crippen molar-refractivity contribution in [2.75, 3.05) is 0 Å². The third-order valence-corrected chi connectivity index (χ3v) is 5.98. The number of nitrogens with one attached hydrogen (secondary N) is 1. The van der Waals surface area contributed by atoms with Gasteiger partial charge in [0.25, 0.3) is 5.69 Å². The number of nitro groups is 1. The molecule has 0 saturated heterocycles. The van der Waals surface area contributed by atoms with Crippen LogP contribution in [-0.2, 0) is 4.79 Å². The number of rotatable bonds is 8. The molecule has 1 unspecified atom stereocenters. The molecule has 0 saturated carbocycles. The fourth-order valence-corrected chi connectivity index (χ4v) is 4.11. The fourth-order valence-electron chi connectivity index (χ4n) is 4.11. The van der Waals surface area contributed by atoms with Crippen LogP contribution >= 0.6 is 0 Å². The minimum Gasteiger partial charge on any atom is -0.505 e. The van der Waals surface area contributed by atoms with Gasteiger partial charge in [0.05, 0.1) is 22.0 Å². The molecule has 2 heterocycles. The summed E-state index contributed by atoms with van der Waals surface area (Å²) >= 11 is 0. The van der Waals surface area contributed by atoms with Crippen molar-refractivity contribution >= 4 is 22.5 Å². The van der Waals surface area contributed by atoms with Crippen LogP contribution in [0.2, 0.25) is 0 Å². The molecule has 8 heteroatoms. The lowest BCUT2D eigenvalue weighted by Crippen LogP contribution is -2.29. The monoisotopic (exact) mass is 470 g/mol. The zero-order chi connectivity index (χ0) is 24.9. The van der Waals surface area contributed by atoms with E-state index < -0.39 is 11.0 Å². The van der Waals surface area contributed by atoms with Crippen LogP contribution < -0.4 is 5.32 Å². The quantitative estimate of drug-likeness (QED) is 0.255. The average molecular weight is 471 g/mol. The summed E-state index contributed by atoms with van der Waals surface area (Å²) in [6, 6.07) is 15.1. The van der Waals surface area contributed by atoms with Gasteiger partial charge >= 0.3 is 0 Å². The molecule has 1 atom stereocenters. The Balaban J connectivity index is 1.83. The molecule has 0 spiro atoms. The topological polar surface area (TPSA) is 118 Å². The van der Waals surface area contributed by atoms with E-state index in [0.29, 0.717) is 18.4 Å². The Morgan fingerprint density at radius 2 is 1.94 bits per heavy atom. The Bertz CT molecular complexity index is 1390. The molecule has 0 aliphatic carbocycles. The SMILES string of the molecule is CCCCC(=O)NC(c1ccc(-c2ccccc2C)nc1)c1cc([N+](=O)[O-])c2cccnc2c1O. The number of nitrogens with zero attached hydrogens (tertiary/aromatic N) is 3. The lowest BCUT2D eigenvalue weighted by atomic mass is 9.95. The predicted octanol–water partition coefficient (Wildman–Crippen LogP) is 5.61. The van der Waals surface area contributed by atoms with E-state index in [0.717, 1.165) is 23.2 Å². The lowest BCUT2D eigenvalue weighted by molar-refractivity contribution is -0.383. The fraction of sp³-hybridized carbons (Fsp3) is 0.222. The summed E-state index contributed by atoms with van der Waals surface area (Å²) in [6.07, 6.45) is 4.94. The number of phenolic OH excluding ortho intramolecular Hbond substituents is 1. The third-order valence-electron chi connectivity index (χ3n) is 5.98. The largest absolute Gasteiger partial charge is 0.505 e. The highest BCUT2D eigenvalue weighted by Crippen LogP contribution is 2.39. The number of unbranched alkanes of at least 4 members (excludes halogenated alkanes) is 1. The number of aromatic hydroxyl groups is 1. The van der Waals surface area contributed by atoms with Crippen molar-refractivity contribution in [1.29, 1.82) is 0 Å². The summed E-state index contributed by atoms with van der Waals surface area (Å²) < 4.78 is 0. The number of hydrogen-bond donors (Lipinski definition) is 2. The number of benzene rings is 2. The zero-order valence-corrected chi connectivity index (χ0v) is 19.6. The molecule has 0 aliphatic heterocycles. The number of carbonyl (C=O) groups is 1. The van der Waals surface area contributed by atoms with Crippen LogP contribution in [0, 0.1) is 17.0 Å². The Morgan fingerprint density at radius 3 is 2.63 bits per heavy atom. The number of aryl methyl sites for hydroxylation is 1. The molecule has 0 bridgehead atoms. The first-order chi connectivity index (χ1) is 16.9. The second kappa shape index (κ2) is 10.3. The van der Waals surface area contributed by atoms with Gasteiger partial charge in [-0.2, -0.15) is 0 Å². The van der Waals surface area contributed by atoms with Gasteiger partial charge in [-0.05, 0) is 42.7 Å². The normalized spacial score (nSPS) is 11.8. The summed E-state index contributed by atoms with van der Waals surface area (Å²) in [7, 11) is 0. The van der Waals surface area contributed by atoms with Crippen LogP contribution in [0.5, 0.6) is 5.75 Å². The Morgan fingerprint density at radius 1 is 1.14 bits per heavy atom. The average Bonchev–Trinajstić information content (AvgIpc) is 2.87. The smallest absolute Gasteiger partial charge is 0.279 e. The second-order valence-electron chi connectivity index (χ2n) is 8.39. The van der Waals surface area contributed by atoms with E-state index in [1.165, 1.54) is 18.3 Å². The highest BCUT2D eigenvalue weighted by molar-refractivity contribution is 5.94. The minimum atomic E-state index is -0.845. The number of hydrogen-bond acceptors (Lipinski definition) is 6. The van der Waals surface area contributed by atoms with Crippen molar-refractivity contribution in [1.82, 2.24) is 15.3 Å². The van der Waals surface area contributed by atoms with Gasteiger partial charge in [0.1, 0.15) is 11.3 Å². The van der Waals surface area contributed by atoms with E-state index in [4.69, 9.17) is 0 Å². The van der Waals surface area contributed by atoms with Crippen molar-refractivity contribution in [3.63, 3.8) is 0 Å². The van der Waals surface area contributed by atoms with Crippen LogP contribution in [-0.4, -0.2) is 25.9 Å². The van der Waals surface area contributed by atoms with Gasteiger partial charge in [0.2, 0.25) is 5.91 Å². The number of phenols is 1. The Hall–Kier alpha value is -4.33. The summed E-state index contributed by atoms with van der Waals surface area (Å²) in [4.78, 5) is 32.8. The van der Waals surface area contributed by atoms with Crippen LogP contribution in [0.4, 0.5) is 5.69 Å². The molecule has 4 rings (SSSR count). The van der Waals surface area contributed by atoms with Crippen molar-refractivity contribution in [3.05, 3.63) is 93.8 Å². The number of aromatic nitrogens is 2. The molecule has 0 radical (unpaired) electrons. The molecule has 178 valence electrons. The van der Waals surface area contributed by atoms with Crippen molar-refractivity contribution in [2.45, 2.75) is 39.2 Å². The van der Waals surface area contributed by atoms with E-state index >= 15 is 0 Å². The summed E-state index contributed by atoms with van der Waals surface area (Å²) in [6.45, 7) is 3.99. The number of non-ortho nitro benzene ring substituents is 1. The lowest BCUT2D eigenvalue weighted by Gasteiger charge is -2.21. The Kier molecular flexibility index (Phi) is 7.01. The number of nitro benzene ring substituents is 1. The van der Waals surface area contributed by atoms with E-state index in [-0.39, 0.29) is 33.8 Å². The van der Waals surface area contributed by atoms with E-state index in [2.05, 4.69) is 15.3 Å². The van der Waals surface area contributed by atoms with Gasteiger partial charge < -0.3 is 10.4 Å². The molecule has 0 aliphatic rings. The van der Waals surface area contributed by atoms with Crippen LogP contribution in [0.25, 0.3) is 22.2 Å². The first-order valence-electron chi connectivity index (χ1n) is 11.5. The van der Waals surface area contributed by atoms with E-state index in [1.54, 1.807) is 12.3 Å². The molecule has 35 heavy (non-hydrogen) atoms. The first kappa shape index (κ1) is 23.8. The number of pyridine rings is 2. The molecule has 1 amide bonds. The maximum atomic E-state index is 12.7. The number of carbonyl (C=O) groups excluding carboxylic acids is 1. The molecule has 0 fully saturated rings. The van der Waals surface area contributed by atoms with Crippen molar-refractivity contribution in [3.8, 4) is 17.0 Å². The molecule has 4 aromatic rings. The second-order valence-corrected chi connectivity index (χ2v) is 8.39. The van der Waals surface area contributed by atoms with E-state index in [9.17, 15) is 20.0 Å². The molecule has 2 aromatic carbocycles. The summed E-state index contributed by atoms with van der Waals surface area (Å²) in [5.41, 5.74) is 3.51. The summed E-state index contributed by atoms with van der Waals surface area (Å²) in [5, 5.41) is 26.1. The van der Waals surface area contributed by atoms with Crippen molar-refractivity contribution < 1.29 is 14.8 Å². The third kappa shape index (κ3) is 4.96. The van der Waals surface area contributed by atoms with Crippen LogP contribution in [0.3, 0.4) is 0 Å². The molecule has 2 N–H and O–H groups in total. The van der Waals surface area contributed by atoms with Crippen molar-refractivity contribution in [2.24, 2.45) is 0 Å². The molecular weight excluding hydrogens is 444 g/mol. The standard InChI is InChI=1S/C27H26N4O4/c1-3-4-11-24(32)30-25(18-12-13-22(29-16-18)19-9-6-5-8-17(19)2)21-15-23(31(34)35)20-10-7-14-28-26(20)27(21)33/h5-10,12-16,25,33H,3-4,11H2,1-2H3,(H,30,32). The van der Waals surface area contributed by atoms with Crippen LogP contribution in [0.1, 0.15) is 48.9 Å². The number of amides is 1. The van der Waals surface area contributed by atoms with Gasteiger partial charge in [-0.1, -0.05) is 43.7 Å². The highest BCUT2D eigenvalue weighted by Gasteiger charge is 2.27.